The average molecular weight is 369 g/mol. The van der Waals surface area contributed by atoms with Crippen molar-refractivity contribution in [3.63, 3.8) is 0 Å². The lowest BCUT2D eigenvalue weighted by atomic mass is 10.1. The Morgan fingerprint density at radius 3 is 2.81 bits per heavy atom. The van der Waals surface area contributed by atoms with Crippen LogP contribution in [0.2, 0.25) is 5.02 Å². The lowest BCUT2D eigenvalue weighted by molar-refractivity contribution is 0.414. The van der Waals surface area contributed by atoms with E-state index in [2.05, 4.69) is 26.7 Å². The lowest BCUT2D eigenvalue weighted by Crippen LogP contribution is -2.08. The van der Waals surface area contributed by atoms with Crippen LogP contribution in [0.4, 0.5) is 17.5 Å². The first-order chi connectivity index (χ1) is 12.7. The van der Waals surface area contributed by atoms with Crippen LogP contribution in [0.25, 0.3) is 0 Å². The number of ether oxygens (including phenoxy) is 1. The van der Waals surface area contributed by atoms with Crippen molar-refractivity contribution in [3.8, 4) is 5.75 Å². The second-order valence-corrected chi connectivity index (χ2v) is 6.24. The van der Waals surface area contributed by atoms with E-state index in [1.54, 1.807) is 13.3 Å². The van der Waals surface area contributed by atoms with Crippen molar-refractivity contribution in [2.24, 2.45) is 0 Å². The zero-order valence-electron chi connectivity index (χ0n) is 14.8. The highest BCUT2D eigenvalue weighted by atomic mass is 35.5. The number of halogens is 1. The van der Waals surface area contributed by atoms with Gasteiger partial charge in [0.1, 0.15) is 11.6 Å². The van der Waals surface area contributed by atoms with E-state index >= 15 is 0 Å². The number of benzene rings is 2. The Balaban J connectivity index is 1.61. The Labute approximate surface area is 158 Å². The van der Waals surface area contributed by atoms with E-state index < -0.39 is 0 Å². The largest absolute Gasteiger partial charge is 0.497 e. The third-order valence-electron chi connectivity index (χ3n) is 4.02. The zero-order valence-corrected chi connectivity index (χ0v) is 15.5. The molecule has 3 rings (SSSR count). The van der Waals surface area contributed by atoms with Gasteiger partial charge in [0.15, 0.2) is 0 Å². The van der Waals surface area contributed by atoms with Crippen LogP contribution >= 0.6 is 11.6 Å². The summed E-state index contributed by atoms with van der Waals surface area (Å²) in [6.45, 7) is 2.72. The van der Waals surface area contributed by atoms with Gasteiger partial charge in [-0.15, -0.1) is 0 Å². The van der Waals surface area contributed by atoms with Crippen LogP contribution in [0.3, 0.4) is 0 Å². The minimum atomic E-state index is 0.529. The monoisotopic (exact) mass is 368 g/mol. The Morgan fingerprint density at radius 1 is 1.12 bits per heavy atom. The van der Waals surface area contributed by atoms with E-state index in [9.17, 15) is 0 Å². The fourth-order valence-electron chi connectivity index (χ4n) is 2.54. The molecule has 5 nitrogen and oxygen atoms in total. The van der Waals surface area contributed by atoms with E-state index in [1.165, 1.54) is 5.56 Å². The summed E-state index contributed by atoms with van der Waals surface area (Å²) in [4.78, 5) is 8.78. The molecule has 0 unspecified atom stereocenters. The minimum absolute atomic E-state index is 0.529. The Morgan fingerprint density at radius 2 is 1.96 bits per heavy atom. The summed E-state index contributed by atoms with van der Waals surface area (Å²) in [7, 11) is 1.68. The molecule has 3 aromatic rings. The molecular formula is C20H21ClN4O. The maximum Gasteiger partial charge on any atom is 0.229 e. The molecule has 0 aliphatic heterocycles. The lowest BCUT2D eigenvalue weighted by Gasteiger charge is -2.11. The zero-order chi connectivity index (χ0) is 18.4. The van der Waals surface area contributed by atoms with Crippen LogP contribution in [-0.2, 0) is 6.42 Å². The molecule has 0 aliphatic rings. The Hall–Kier alpha value is -2.79. The molecule has 0 saturated heterocycles. The third kappa shape index (κ3) is 4.64. The number of nitrogens with one attached hydrogen (secondary N) is 2. The highest BCUT2D eigenvalue weighted by Crippen LogP contribution is 2.25. The molecule has 0 fully saturated rings. The fourth-order valence-corrected chi connectivity index (χ4v) is 2.72. The summed E-state index contributed by atoms with van der Waals surface area (Å²) < 4.78 is 5.25. The predicted octanol–water partition coefficient (Wildman–Crippen LogP) is 4.85. The third-order valence-corrected chi connectivity index (χ3v) is 4.43. The SMILES string of the molecule is COc1cccc(CCNc2ccnc(Nc3cccc(Cl)c3C)n2)c1. The number of hydrogen-bond acceptors (Lipinski definition) is 5. The number of nitrogens with zero attached hydrogens (tertiary/aromatic N) is 2. The van der Waals surface area contributed by atoms with Gasteiger partial charge in [0.2, 0.25) is 5.95 Å². The van der Waals surface area contributed by atoms with Crippen molar-refractivity contribution >= 4 is 29.1 Å². The van der Waals surface area contributed by atoms with E-state index in [-0.39, 0.29) is 0 Å². The predicted molar refractivity (Wildman–Crippen MR) is 107 cm³/mol. The quantitative estimate of drug-likeness (QED) is 0.624. The molecule has 1 heterocycles. The molecule has 134 valence electrons. The van der Waals surface area contributed by atoms with Crippen molar-refractivity contribution < 1.29 is 4.74 Å². The fraction of sp³-hybridized carbons (Fsp3) is 0.200. The van der Waals surface area contributed by atoms with Crippen LogP contribution in [0, 0.1) is 6.92 Å². The summed E-state index contributed by atoms with van der Waals surface area (Å²) >= 11 is 6.16. The first-order valence-electron chi connectivity index (χ1n) is 8.37. The minimum Gasteiger partial charge on any atom is -0.497 e. The van der Waals surface area contributed by atoms with E-state index in [4.69, 9.17) is 16.3 Å². The molecule has 0 saturated carbocycles. The van der Waals surface area contributed by atoms with Crippen molar-refractivity contribution in [1.29, 1.82) is 0 Å². The van der Waals surface area contributed by atoms with Crippen molar-refractivity contribution in [3.05, 3.63) is 70.9 Å². The van der Waals surface area contributed by atoms with Gasteiger partial charge in [-0.05, 0) is 54.8 Å². The van der Waals surface area contributed by atoms with Gasteiger partial charge in [-0.2, -0.15) is 4.98 Å². The van der Waals surface area contributed by atoms with Gasteiger partial charge in [0.25, 0.3) is 0 Å². The molecule has 0 radical (unpaired) electrons. The van der Waals surface area contributed by atoms with Gasteiger partial charge in [-0.3, -0.25) is 0 Å². The Bertz CT molecular complexity index is 885. The number of anilines is 3. The van der Waals surface area contributed by atoms with Gasteiger partial charge >= 0.3 is 0 Å². The van der Waals surface area contributed by atoms with Crippen LogP contribution in [0.5, 0.6) is 5.75 Å². The molecule has 26 heavy (non-hydrogen) atoms. The molecule has 0 aliphatic carbocycles. The topological polar surface area (TPSA) is 59.1 Å². The van der Waals surface area contributed by atoms with E-state index in [0.717, 1.165) is 35.8 Å². The van der Waals surface area contributed by atoms with Crippen LogP contribution in [-0.4, -0.2) is 23.6 Å². The summed E-state index contributed by atoms with van der Waals surface area (Å²) in [5.41, 5.74) is 3.07. The second-order valence-electron chi connectivity index (χ2n) is 5.83. The molecule has 0 amide bonds. The molecule has 6 heteroatoms. The van der Waals surface area contributed by atoms with Crippen LogP contribution in [0.15, 0.2) is 54.7 Å². The van der Waals surface area contributed by atoms with Crippen LogP contribution in [0.1, 0.15) is 11.1 Å². The second kappa shape index (κ2) is 8.54. The first-order valence-corrected chi connectivity index (χ1v) is 8.75. The standard InChI is InChI=1S/C20H21ClN4O/c1-14-17(21)7-4-8-18(14)24-20-23-12-10-19(25-20)22-11-9-15-5-3-6-16(13-15)26-2/h3-8,10,12-13H,9,11H2,1-2H3,(H2,22,23,24,25). The Kier molecular flexibility index (Phi) is 5.92. The average Bonchev–Trinajstić information content (AvgIpc) is 2.66. The number of rotatable bonds is 7. The van der Waals surface area contributed by atoms with Crippen LogP contribution < -0.4 is 15.4 Å². The number of aromatic nitrogens is 2. The molecule has 0 spiro atoms. The molecule has 0 bridgehead atoms. The van der Waals surface area contributed by atoms with Gasteiger partial charge in [0.05, 0.1) is 7.11 Å². The van der Waals surface area contributed by atoms with Gasteiger partial charge in [-0.1, -0.05) is 29.8 Å². The number of methoxy groups -OCH3 is 1. The van der Waals surface area contributed by atoms with Crippen molar-refractivity contribution in [1.82, 2.24) is 9.97 Å². The van der Waals surface area contributed by atoms with Gasteiger partial charge in [-0.25, -0.2) is 4.98 Å². The number of hydrogen-bond donors (Lipinski definition) is 2. The van der Waals surface area contributed by atoms with Gasteiger partial charge in [0, 0.05) is 23.5 Å². The molecular weight excluding hydrogens is 348 g/mol. The smallest absolute Gasteiger partial charge is 0.229 e. The highest BCUT2D eigenvalue weighted by Gasteiger charge is 2.05. The summed E-state index contributed by atoms with van der Waals surface area (Å²) in [5.74, 6) is 2.17. The summed E-state index contributed by atoms with van der Waals surface area (Å²) in [5, 5.41) is 7.25. The molecule has 1 aromatic heterocycles. The maximum atomic E-state index is 6.16. The molecule has 0 atom stereocenters. The first kappa shape index (κ1) is 18.0. The summed E-state index contributed by atoms with van der Waals surface area (Å²) in [6.07, 6.45) is 2.60. The molecule has 2 aromatic carbocycles. The van der Waals surface area contributed by atoms with Crippen molar-refractivity contribution in [2.45, 2.75) is 13.3 Å². The highest BCUT2D eigenvalue weighted by molar-refractivity contribution is 6.31. The maximum absolute atomic E-state index is 6.16. The molecule has 2 N–H and O–H groups in total. The van der Waals surface area contributed by atoms with E-state index in [1.807, 2.05) is 49.4 Å². The normalized spacial score (nSPS) is 10.4. The van der Waals surface area contributed by atoms with Crippen molar-refractivity contribution in [2.75, 3.05) is 24.3 Å². The van der Waals surface area contributed by atoms with E-state index in [0.29, 0.717) is 11.0 Å². The van der Waals surface area contributed by atoms with Gasteiger partial charge < -0.3 is 15.4 Å². The summed E-state index contributed by atoms with van der Waals surface area (Å²) in [6, 6.07) is 15.6.